The number of carbonyl (C=O) groups is 1. The number of halogens is 1. The summed E-state index contributed by atoms with van der Waals surface area (Å²) in [6, 6.07) is 14.1. The number of benzene rings is 2. The summed E-state index contributed by atoms with van der Waals surface area (Å²) in [5, 5.41) is 20.5. The summed E-state index contributed by atoms with van der Waals surface area (Å²) >= 11 is 0. The fraction of sp³-hybridized carbons (Fsp3) is 0.316. The second kappa shape index (κ2) is 8.04. The van der Waals surface area contributed by atoms with Crippen LogP contribution in [0.2, 0.25) is 0 Å². The zero-order valence-corrected chi connectivity index (χ0v) is 13.8. The molecule has 0 aliphatic heterocycles. The van der Waals surface area contributed by atoms with Crippen molar-refractivity contribution in [3.63, 3.8) is 0 Å². The minimum atomic E-state index is -1.01. The van der Waals surface area contributed by atoms with Crippen molar-refractivity contribution >= 4 is 5.91 Å². The first kappa shape index (κ1) is 18.1. The summed E-state index contributed by atoms with van der Waals surface area (Å²) in [7, 11) is 1.59. The van der Waals surface area contributed by atoms with Crippen LogP contribution in [0.25, 0.3) is 0 Å². The number of rotatable bonds is 6. The van der Waals surface area contributed by atoms with Crippen molar-refractivity contribution in [3.05, 3.63) is 71.5 Å². The molecule has 128 valence electrons. The van der Waals surface area contributed by atoms with Crippen LogP contribution >= 0.6 is 0 Å². The SMILES string of the molecule is C[C@@H]([C@@H](O)c1ccccc1)N(C)C(=O)C[C@H](O)c1ccc(F)cc1. The zero-order valence-electron chi connectivity index (χ0n) is 13.8. The highest BCUT2D eigenvalue weighted by molar-refractivity contribution is 5.77. The van der Waals surface area contributed by atoms with Gasteiger partial charge in [-0.25, -0.2) is 4.39 Å². The monoisotopic (exact) mass is 331 g/mol. The second-order valence-corrected chi connectivity index (χ2v) is 5.87. The molecule has 0 radical (unpaired) electrons. The number of aliphatic hydroxyl groups is 2. The lowest BCUT2D eigenvalue weighted by Crippen LogP contribution is -2.39. The molecule has 2 aromatic rings. The van der Waals surface area contributed by atoms with Crippen molar-refractivity contribution < 1.29 is 19.4 Å². The molecule has 0 unspecified atom stereocenters. The number of carbonyl (C=O) groups excluding carboxylic acids is 1. The predicted molar refractivity (Wildman–Crippen MR) is 89.6 cm³/mol. The Morgan fingerprint density at radius 3 is 2.21 bits per heavy atom. The molecule has 2 aromatic carbocycles. The predicted octanol–water partition coefficient (Wildman–Crippen LogP) is 2.83. The van der Waals surface area contributed by atoms with Gasteiger partial charge in [0, 0.05) is 7.05 Å². The summed E-state index contributed by atoms with van der Waals surface area (Å²) in [5.41, 5.74) is 1.21. The quantitative estimate of drug-likeness (QED) is 0.856. The number of aliphatic hydroxyl groups excluding tert-OH is 2. The molecule has 1 amide bonds. The van der Waals surface area contributed by atoms with Gasteiger partial charge in [-0.3, -0.25) is 4.79 Å². The summed E-state index contributed by atoms with van der Waals surface area (Å²) in [5.74, 6) is -0.691. The smallest absolute Gasteiger partial charge is 0.225 e. The van der Waals surface area contributed by atoms with Crippen LogP contribution in [0, 0.1) is 5.82 Å². The van der Waals surface area contributed by atoms with E-state index in [4.69, 9.17) is 0 Å². The van der Waals surface area contributed by atoms with Crippen molar-refractivity contribution in [3.8, 4) is 0 Å². The molecule has 0 aliphatic carbocycles. The average Bonchev–Trinajstić information content (AvgIpc) is 2.61. The third-order valence-electron chi connectivity index (χ3n) is 4.23. The van der Waals surface area contributed by atoms with Crippen molar-refractivity contribution in [2.75, 3.05) is 7.05 Å². The maximum Gasteiger partial charge on any atom is 0.225 e. The van der Waals surface area contributed by atoms with Crippen LogP contribution in [0.4, 0.5) is 4.39 Å². The lowest BCUT2D eigenvalue weighted by molar-refractivity contribution is -0.136. The first-order chi connectivity index (χ1) is 11.4. The van der Waals surface area contributed by atoms with Gasteiger partial charge in [-0.1, -0.05) is 42.5 Å². The van der Waals surface area contributed by atoms with Crippen molar-refractivity contribution in [1.29, 1.82) is 0 Å². The van der Waals surface area contributed by atoms with Crippen molar-refractivity contribution in [1.82, 2.24) is 4.90 Å². The van der Waals surface area contributed by atoms with E-state index in [2.05, 4.69) is 0 Å². The maximum absolute atomic E-state index is 12.9. The lowest BCUT2D eigenvalue weighted by atomic mass is 10.0. The van der Waals surface area contributed by atoms with E-state index in [0.29, 0.717) is 5.56 Å². The van der Waals surface area contributed by atoms with Gasteiger partial charge in [-0.2, -0.15) is 0 Å². The van der Waals surface area contributed by atoms with Gasteiger partial charge < -0.3 is 15.1 Å². The highest BCUT2D eigenvalue weighted by Crippen LogP contribution is 2.23. The highest BCUT2D eigenvalue weighted by atomic mass is 19.1. The Hall–Kier alpha value is -2.24. The molecule has 0 bridgehead atoms. The number of hydrogen-bond acceptors (Lipinski definition) is 3. The van der Waals surface area contributed by atoms with E-state index in [1.165, 1.54) is 29.2 Å². The third-order valence-corrected chi connectivity index (χ3v) is 4.23. The van der Waals surface area contributed by atoms with E-state index in [1.807, 2.05) is 18.2 Å². The topological polar surface area (TPSA) is 60.8 Å². The van der Waals surface area contributed by atoms with Gasteiger partial charge in [0.15, 0.2) is 0 Å². The highest BCUT2D eigenvalue weighted by Gasteiger charge is 2.25. The molecular formula is C19H22FNO3. The molecule has 0 aliphatic rings. The van der Waals surface area contributed by atoms with Crippen LogP contribution in [-0.4, -0.2) is 34.1 Å². The van der Waals surface area contributed by atoms with E-state index in [9.17, 15) is 19.4 Å². The van der Waals surface area contributed by atoms with Gasteiger partial charge in [0.25, 0.3) is 0 Å². The van der Waals surface area contributed by atoms with Gasteiger partial charge in [0.2, 0.25) is 5.91 Å². The van der Waals surface area contributed by atoms with E-state index in [1.54, 1.807) is 26.1 Å². The molecule has 5 heteroatoms. The molecule has 0 saturated carbocycles. The number of amides is 1. The Morgan fingerprint density at radius 2 is 1.62 bits per heavy atom. The summed E-state index contributed by atoms with van der Waals surface area (Å²) in [6.07, 6.45) is -1.96. The normalized spacial score (nSPS) is 14.7. The molecule has 0 fully saturated rings. The minimum Gasteiger partial charge on any atom is -0.388 e. The maximum atomic E-state index is 12.9. The molecule has 0 aromatic heterocycles. The molecule has 0 heterocycles. The molecular weight excluding hydrogens is 309 g/mol. The largest absolute Gasteiger partial charge is 0.388 e. The van der Waals surface area contributed by atoms with Gasteiger partial charge in [-0.15, -0.1) is 0 Å². The molecule has 4 nitrogen and oxygen atoms in total. The van der Waals surface area contributed by atoms with E-state index >= 15 is 0 Å². The molecule has 0 spiro atoms. The van der Waals surface area contributed by atoms with E-state index in [0.717, 1.165) is 5.56 Å². The molecule has 3 atom stereocenters. The van der Waals surface area contributed by atoms with Crippen LogP contribution in [0.3, 0.4) is 0 Å². The Balaban J connectivity index is 1.99. The van der Waals surface area contributed by atoms with Crippen LogP contribution in [-0.2, 0) is 4.79 Å². The Labute approximate surface area is 141 Å². The van der Waals surface area contributed by atoms with Crippen molar-refractivity contribution in [2.24, 2.45) is 0 Å². The summed E-state index contributed by atoms with van der Waals surface area (Å²) in [6.45, 7) is 1.75. The molecule has 2 rings (SSSR count). The van der Waals surface area contributed by atoms with Crippen LogP contribution in [0.15, 0.2) is 54.6 Å². The first-order valence-electron chi connectivity index (χ1n) is 7.82. The van der Waals surface area contributed by atoms with Crippen molar-refractivity contribution in [2.45, 2.75) is 31.6 Å². The fourth-order valence-electron chi connectivity index (χ4n) is 2.48. The standard InChI is InChI=1S/C19H22FNO3/c1-13(19(24)15-6-4-3-5-7-15)21(2)18(23)12-17(22)14-8-10-16(20)11-9-14/h3-11,13,17,19,22,24H,12H2,1-2H3/t13-,17-,19+/m0/s1. The van der Waals surface area contributed by atoms with Crippen LogP contribution in [0.1, 0.15) is 36.7 Å². The average molecular weight is 331 g/mol. The molecule has 24 heavy (non-hydrogen) atoms. The number of nitrogens with zero attached hydrogens (tertiary/aromatic N) is 1. The first-order valence-corrected chi connectivity index (χ1v) is 7.82. The van der Waals surface area contributed by atoms with E-state index < -0.39 is 24.1 Å². The Bertz CT molecular complexity index is 660. The molecule has 2 N–H and O–H groups in total. The van der Waals surface area contributed by atoms with Crippen LogP contribution in [0.5, 0.6) is 0 Å². The second-order valence-electron chi connectivity index (χ2n) is 5.87. The minimum absolute atomic E-state index is 0.131. The lowest BCUT2D eigenvalue weighted by Gasteiger charge is -2.30. The number of hydrogen-bond donors (Lipinski definition) is 2. The fourth-order valence-corrected chi connectivity index (χ4v) is 2.48. The van der Waals surface area contributed by atoms with Gasteiger partial charge in [0.1, 0.15) is 5.82 Å². The third kappa shape index (κ3) is 4.40. The van der Waals surface area contributed by atoms with Gasteiger partial charge >= 0.3 is 0 Å². The Morgan fingerprint density at radius 1 is 1.04 bits per heavy atom. The number of likely N-dealkylation sites (N-methyl/N-ethyl adjacent to an activating group) is 1. The van der Waals surface area contributed by atoms with E-state index in [-0.39, 0.29) is 12.3 Å². The summed E-state index contributed by atoms with van der Waals surface area (Å²) < 4.78 is 12.9. The molecule has 0 saturated heterocycles. The Kier molecular flexibility index (Phi) is 6.06. The summed E-state index contributed by atoms with van der Waals surface area (Å²) in [4.78, 5) is 13.8. The van der Waals surface area contributed by atoms with Gasteiger partial charge in [-0.05, 0) is 30.2 Å². The van der Waals surface area contributed by atoms with Gasteiger partial charge in [0.05, 0.1) is 24.7 Å². The van der Waals surface area contributed by atoms with Crippen LogP contribution < -0.4 is 0 Å². The zero-order chi connectivity index (χ0) is 17.7.